The van der Waals surface area contributed by atoms with Gasteiger partial charge in [0, 0.05) is 6.04 Å². The van der Waals surface area contributed by atoms with Gasteiger partial charge in [-0.25, -0.2) is 4.98 Å². The summed E-state index contributed by atoms with van der Waals surface area (Å²) in [5.74, 6) is 0.678. The standard InChI is InChI=1S/C13H16F3N3O2/c1-7-3-4-9(8(7)2)18-10-5-12(13(14,15)16)17-6-11(10)19(20)21/h5-9H,3-4H2,1-2H3,(H,17,18). The van der Waals surface area contributed by atoms with E-state index in [1.807, 2.05) is 6.92 Å². The molecule has 5 nitrogen and oxygen atoms in total. The molecule has 1 N–H and O–H groups in total. The molecule has 8 heteroatoms. The Morgan fingerprint density at radius 3 is 2.52 bits per heavy atom. The average molecular weight is 303 g/mol. The Labute approximate surface area is 119 Å². The number of aromatic nitrogens is 1. The summed E-state index contributed by atoms with van der Waals surface area (Å²) in [6.45, 7) is 4.06. The predicted molar refractivity (Wildman–Crippen MR) is 70.9 cm³/mol. The minimum atomic E-state index is -4.62. The summed E-state index contributed by atoms with van der Waals surface area (Å²) in [4.78, 5) is 13.4. The number of nitrogens with zero attached hydrogens (tertiary/aromatic N) is 2. The van der Waals surface area contributed by atoms with Crippen LogP contribution < -0.4 is 5.32 Å². The van der Waals surface area contributed by atoms with Crippen molar-refractivity contribution in [2.75, 3.05) is 5.32 Å². The van der Waals surface area contributed by atoms with E-state index in [0.717, 1.165) is 12.8 Å². The maximum atomic E-state index is 12.7. The smallest absolute Gasteiger partial charge is 0.376 e. The molecular weight excluding hydrogens is 287 g/mol. The van der Waals surface area contributed by atoms with Gasteiger partial charge in [-0.3, -0.25) is 10.1 Å². The largest absolute Gasteiger partial charge is 0.433 e. The molecule has 2 rings (SSSR count). The second-order valence-corrected chi connectivity index (χ2v) is 5.51. The molecule has 116 valence electrons. The summed E-state index contributed by atoms with van der Waals surface area (Å²) in [7, 11) is 0. The van der Waals surface area contributed by atoms with Gasteiger partial charge in [0.2, 0.25) is 0 Å². The second kappa shape index (κ2) is 5.50. The lowest BCUT2D eigenvalue weighted by atomic mass is 9.97. The van der Waals surface area contributed by atoms with Crippen LogP contribution in [-0.2, 0) is 6.18 Å². The van der Waals surface area contributed by atoms with E-state index in [-0.39, 0.29) is 17.6 Å². The van der Waals surface area contributed by atoms with Gasteiger partial charge in [-0.05, 0) is 30.7 Å². The van der Waals surface area contributed by atoms with Crippen LogP contribution >= 0.6 is 0 Å². The summed E-state index contributed by atoms with van der Waals surface area (Å²) in [6.07, 6.45) is -2.23. The minimum Gasteiger partial charge on any atom is -0.376 e. The molecule has 0 spiro atoms. The summed E-state index contributed by atoms with van der Waals surface area (Å²) < 4.78 is 38.1. The monoisotopic (exact) mass is 303 g/mol. The van der Waals surface area contributed by atoms with Gasteiger partial charge in [-0.15, -0.1) is 0 Å². The highest BCUT2D eigenvalue weighted by molar-refractivity contribution is 5.61. The number of alkyl halides is 3. The number of nitro groups is 1. The van der Waals surface area contributed by atoms with Crippen LogP contribution in [0.4, 0.5) is 24.5 Å². The van der Waals surface area contributed by atoms with Gasteiger partial charge in [0.25, 0.3) is 0 Å². The van der Waals surface area contributed by atoms with Crippen molar-refractivity contribution in [3.63, 3.8) is 0 Å². The lowest BCUT2D eigenvalue weighted by Crippen LogP contribution is -2.25. The normalized spacial score (nSPS) is 25.9. The van der Waals surface area contributed by atoms with Crippen LogP contribution in [0.3, 0.4) is 0 Å². The zero-order valence-electron chi connectivity index (χ0n) is 11.6. The van der Waals surface area contributed by atoms with E-state index < -0.39 is 22.5 Å². The van der Waals surface area contributed by atoms with Crippen molar-refractivity contribution in [2.24, 2.45) is 11.8 Å². The molecule has 1 heterocycles. The van der Waals surface area contributed by atoms with Crippen molar-refractivity contribution in [3.8, 4) is 0 Å². The summed E-state index contributed by atoms with van der Waals surface area (Å²) in [5, 5.41) is 13.8. The van der Waals surface area contributed by atoms with Crippen molar-refractivity contribution in [2.45, 2.75) is 38.9 Å². The van der Waals surface area contributed by atoms with Crippen LogP contribution in [0.5, 0.6) is 0 Å². The van der Waals surface area contributed by atoms with Gasteiger partial charge in [0.1, 0.15) is 17.6 Å². The number of hydrogen-bond acceptors (Lipinski definition) is 4. The zero-order valence-corrected chi connectivity index (χ0v) is 11.6. The third-order valence-corrected chi connectivity index (χ3v) is 4.18. The summed E-state index contributed by atoms with van der Waals surface area (Å²) in [5.41, 5.74) is -1.68. The van der Waals surface area contributed by atoms with Gasteiger partial charge < -0.3 is 5.32 Å². The van der Waals surface area contributed by atoms with Gasteiger partial charge in [0.15, 0.2) is 0 Å². The number of halogens is 3. The molecule has 1 aromatic rings. The Morgan fingerprint density at radius 1 is 1.38 bits per heavy atom. The third kappa shape index (κ3) is 3.25. The molecular formula is C13H16F3N3O2. The molecule has 1 aromatic heterocycles. The van der Waals surface area contributed by atoms with E-state index in [4.69, 9.17) is 0 Å². The van der Waals surface area contributed by atoms with E-state index >= 15 is 0 Å². The molecule has 0 amide bonds. The van der Waals surface area contributed by atoms with Crippen LogP contribution in [0.25, 0.3) is 0 Å². The molecule has 1 aliphatic carbocycles. The molecule has 1 fully saturated rings. The highest BCUT2D eigenvalue weighted by atomic mass is 19.4. The molecule has 1 saturated carbocycles. The Balaban J connectivity index is 2.33. The Kier molecular flexibility index (Phi) is 4.06. The second-order valence-electron chi connectivity index (χ2n) is 5.51. The van der Waals surface area contributed by atoms with E-state index in [2.05, 4.69) is 17.2 Å². The highest BCUT2D eigenvalue weighted by Crippen LogP contribution is 2.37. The average Bonchev–Trinajstić information content (AvgIpc) is 2.69. The molecule has 21 heavy (non-hydrogen) atoms. The Bertz CT molecular complexity index is 548. The van der Waals surface area contributed by atoms with Gasteiger partial charge in [-0.2, -0.15) is 13.2 Å². The molecule has 0 aromatic carbocycles. The van der Waals surface area contributed by atoms with E-state index in [0.29, 0.717) is 18.2 Å². The molecule has 0 radical (unpaired) electrons. The topological polar surface area (TPSA) is 68.1 Å². The molecule has 1 aliphatic rings. The van der Waals surface area contributed by atoms with E-state index in [9.17, 15) is 23.3 Å². The molecule has 0 saturated heterocycles. The number of anilines is 1. The first-order valence-corrected chi connectivity index (χ1v) is 6.68. The fraction of sp³-hybridized carbons (Fsp3) is 0.615. The summed E-state index contributed by atoms with van der Waals surface area (Å²) in [6, 6.07) is 0.649. The highest BCUT2D eigenvalue weighted by Gasteiger charge is 2.36. The number of hydrogen-bond donors (Lipinski definition) is 1. The first-order valence-electron chi connectivity index (χ1n) is 6.68. The van der Waals surface area contributed by atoms with Crippen LogP contribution in [0.2, 0.25) is 0 Å². The predicted octanol–water partition coefficient (Wildman–Crippen LogP) is 3.86. The third-order valence-electron chi connectivity index (χ3n) is 4.18. The van der Waals surface area contributed by atoms with E-state index in [1.165, 1.54) is 0 Å². The molecule has 3 atom stereocenters. The number of nitrogens with one attached hydrogen (secondary N) is 1. The van der Waals surface area contributed by atoms with Gasteiger partial charge in [0.05, 0.1) is 4.92 Å². The fourth-order valence-corrected chi connectivity index (χ4v) is 2.63. The molecule has 0 bridgehead atoms. The van der Waals surface area contributed by atoms with Crippen LogP contribution in [0, 0.1) is 22.0 Å². The SMILES string of the molecule is CC1CCC(Nc2cc(C(F)(F)F)ncc2[N+](=O)[O-])C1C. The Morgan fingerprint density at radius 2 is 2.05 bits per heavy atom. The molecule has 0 aliphatic heterocycles. The van der Waals surface area contributed by atoms with Gasteiger partial charge >= 0.3 is 11.9 Å². The number of rotatable bonds is 3. The quantitative estimate of drug-likeness (QED) is 0.680. The first kappa shape index (κ1) is 15.5. The lowest BCUT2D eigenvalue weighted by molar-refractivity contribution is -0.384. The van der Waals surface area contributed by atoms with E-state index in [1.54, 1.807) is 0 Å². The maximum Gasteiger partial charge on any atom is 0.433 e. The van der Waals surface area contributed by atoms with Crippen molar-refractivity contribution in [1.82, 2.24) is 4.98 Å². The van der Waals surface area contributed by atoms with Crippen molar-refractivity contribution < 1.29 is 18.1 Å². The van der Waals surface area contributed by atoms with Crippen LogP contribution in [0.15, 0.2) is 12.3 Å². The zero-order chi connectivity index (χ0) is 15.8. The van der Waals surface area contributed by atoms with Crippen molar-refractivity contribution in [3.05, 3.63) is 28.1 Å². The lowest BCUT2D eigenvalue weighted by Gasteiger charge is -2.21. The van der Waals surface area contributed by atoms with Crippen molar-refractivity contribution >= 4 is 11.4 Å². The minimum absolute atomic E-state index is 0.0674. The Hall–Kier alpha value is -1.86. The summed E-state index contributed by atoms with van der Waals surface area (Å²) >= 11 is 0. The van der Waals surface area contributed by atoms with Crippen LogP contribution in [-0.4, -0.2) is 15.9 Å². The van der Waals surface area contributed by atoms with Crippen molar-refractivity contribution in [1.29, 1.82) is 0 Å². The number of pyridine rings is 1. The van der Waals surface area contributed by atoms with Crippen LogP contribution in [0.1, 0.15) is 32.4 Å². The van der Waals surface area contributed by atoms with Gasteiger partial charge in [-0.1, -0.05) is 13.8 Å². The fourth-order valence-electron chi connectivity index (χ4n) is 2.63. The first-order chi connectivity index (χ1) is 9.70. The molecule has 3 unspecified atom stereocenters. The maximum absolute atomic E-state index is 12.7.